The number of hydrogen-bond donors (Lipinski definition) is 3. The minimum atomic E-state index is -0.645. The third-order valence-corrected chi connectivity index (χ3v) is 3.56. The number of benzene rings is 1. The molecule has 0 aromatic heterocycles. The van der Waals surface area contributed by atoms with E-state index in [1.54, 1.807) is 11.0 Å². The van der Waals surface area contributed by atoms with Crippen molar-refractivity contribution < 1.29 is 15.0 Å². The molecule has 0 fully saturated rings. The smallest absolute Gasteiger partial charge is 0.240 e. The molecule has 1 unspecified atom stereocenters. The summed E-state index contributed by atoms with van der Waals surface area (Å²) in [6.45, 7) is 6.59. The Bertz CT molecular complexity index is 462. The van der Waals surface area contributed by atoms with Gasteiger partial charge >= 0.3 is 0 Å². The second kappa shape index (κ2) is 7.14. The normalized spacial score (nSPS) is 13.8. The molecule has 5 nitrogen and oxygen atoms in total. The number of amides is 1. The van der Waals surface area contributed by atoms with Crippen LogP contribution in [-0.2, 0) is 11.2 Å². The summed E-state index contributed by atoms with van der Waals surface area (Å²) in [6.07, 6.45) is 1.21. The number of aromatic hydroxyl groups is 2. The van der Waals surface area contributed by atoms with E-state index in [1.807, 2.05) is 20.8 Å². The lowest BCUT2D eigenvalue weighted by Gasteiger charge is -2.29. The lowest BCUT2D eigenvalue weighted by Crippen LogP contribution is -2.48. The van der Waals surface area contributed by atoms with Crippen molar-refractivity contribution in [3.05, 3.63) is 23.8 Å². The van der Waals surface area contributed by atoms with E-state index in [4.69, 9.17) is 5.73 Å². The second-order valence-electron chi connectivity index (χ2n) is 5.02. The molecule has 0 aliphatic carbocycles. The Morgan fingerprint density at radius 1 is 1.30 bits per heavy atom. The Morgan fingerprint density at radius 2 is 1.95 bits per heavy atom. The Balaban J connectivity index is 2.76. The Kier molecular flexibility index (Phi) is 5.82. The third kappa shape index (κ3) is 3.87. The summed E-state index contributed by atoms with van der Waals surface area (Å²) < 4.78 is 0. The molecule has 0 saturated heterocycles. The molecular weight excluding hydrogens is 256 g/mol. The van der Waals surface area contributed by atoms with Gasteiger partial charge in [-0.3, -0.25) is 4.79 Å². The summed E-state index contributed by atoms with van der Waals surface area (Å²) >= 11 is 0. The van der Waals surface area contributed by atoms with E-state index < -0.39 is 6.04 Å². The molecule has 0 bridgehead atoms. The molecule has 1 aromatic rings. The van der Waals surface area contributed by atoms with E-state index in [2.05, 4.69) is 0 Å². The van der Waals surface area contributed by atoms with Gasteiger partial charge in [-0.25, -0.2) is 0 Å². The van der Waals surface area contributed by atoms with Gasteiger partial charge in [0.2, 0.25) is 5.91 Å². The lowest BCUT2D eigenvalue weighted by molar-refractivity contribution is -0.134. The summed E-state index contributed by atoms with van der Waals surface area (Å²) in [5, 5.41) is 18.7. The zero-order valence-electron chi connectivity index (χ0n) is 12.3. The number of nitrogens with two attached hydrogens (primary N) is 1. The molecule has 4 N–H and O–H groups in total. The zero-order valence-corrected chi connectivity index (χ0v) is 12.3. The molecule has 0 radical (unpaired) electrons. The van der Waals surface area contributed by atoms with Crippen LogP contribution in [0.2, 0.25) is 0 Å². The molecule has 0 spiro atoms. The minimum Gasteiger partial charge on any atom is -0.504 e. The van der Waals surface area contributed by atoms with Crippen LogP contribution in [0.1, 0.15) is 32.8 Å². The summed E-state index contributed by atoms with van der Waals surface area (Å²) in [5.41, 5.74) is 6.69. The number of likely N-dealkylation sites (N-methyl/N-ethyl adjacent to an activating group) is 1. The van der Waals surface area contributed by atoms with Crippen molar-refractivity contribution in [3.63, 3.8) is 0 Å². The van der Waals surface area contributed by atoms with E-state index in [1.165, 1.54) is 12.1 Å². The molecule has 0 aliphatic heterocycles. The highest BCUT2D eigenvalue weighted by molar-refractivity contribution is 5.82. The highest BCUT2D eigenvalue weighted by Gasteiger charge is 2.23. The van der Waals surface area contributed by atoms with Gasteiger partial charge in [-0.1, -0.05) is 13.0 Å². The molecule has 5 heteroatoms. The average Bonchev–Trinajstić information content (AvgIpc) is 2.43. The maximum Gasteiger partial charge on any atom is 0.240 e. The second-order valence-corrected chi connectivity index (χ2v) is 5.02. The van der Waals surface area contributed by atoms with E-state index in [0.717, 1.165) is 12.0 Å². The van der Waals surface area contributed by atoms with E-state index in [-0.39, 0.29) is 23.4 Å². The highest BCUT2D eigenvalue weighted by Crippen LogP contribution is 2.25. The van der Waals surface area contributed by atoms with Crippen molar-refractivity contribution in [2.75, 3.05) is 6.54 Å². The van der Waals surface area contributed by atoms with E-state index in [0.29, 0.717) is 13.0 Å². The first kappa shape index (κ1) is 16.3. The minimum absolute atomic E-state index is 0.0885. The molecule has 2 atom stereocenters. The SMILES string of the molecule is CCC(C)N(CC)C(=O)[C@@H](N)Cc1ccc(O)c(O)c1. The number of phenols is 2. The fourth-order valence-electron chi connectivity index (χ4n) is 2.16. The van der Waals surface area contributed by atoms with Crippen molar-refractivity contribution in [1.29, 1.82) is 0 Å². The summed E-state index contributed by atoms with van der Waals surface area (Å²) in [5.74, 6) is -0.464. The summed E-state index contributed by atoms with van der Waals surface area (Å²) in [4.78, 5) is 14.1. The predicted octanol–water partition coefficient (Wildman–Crippen LogP) is 1.61. The van der Waals surface area contributed by atoms with Crippen LogP contribution < -0.4 is 5.73 Å². The summed E-state index contributed by atoms with van der Waals surface area (Å²) in [7, 11) is 0. The van der Waals surface area contributed by atoms with Gasteiger partial charge in [0.1, 0.15) is 0 Å². The highest BCUT2D eigenvalue weighted by atomic mass is 16.3. The van der Waals surface area contributed by atoms with Gasteiger partial charge in [-0.05, 0) is 44.4 Å². The largest absolute Gasteiger partial charge is 0.504 e. The third-order valence-electron chi connectivity index (χ3n) is 3.56. The van der Waals surface area contributed by atoms with Gasteiger partial charge in [0.25, 0.3) is 0 Å². The van der Waals surface area contributed by atoms with Gasteiger partial charge in [-0.15, -0.1) is 0 Å². The molecule has 1 rings (SSSR count). The Morgan fingerprint density at radius 3 is 2.45 bits per heavy atom. The van der Waals surface area contributed by atoms with Crippen molar-refractivity contribution in [3.8, 4) is 11.5 Å². The van der Waals surface area contributed by atoms with E-state index in [9.17, 15) is 15.0 Å². The van der Waals surface area contributed by atoms with Crippen LogP contribution >= 0.6 is 0 Å². The molecule has 1 amide bonds. The Hall–Kier alpha value is -1.75. The van der Waals surface area contributed by atoms with Crippen molar-refractivity contribution in [1.82, 2.24) is 4.90 Å². The number of nitrogens with zero attached hydrogens (tertiary/aromatic N) is 1. The first-order valence-corrected chi connectivity index (χ1v) is 6.97. The van der Waals surface area contributed by atoms with Crippen molar-refractivity contribution in [2.24, 2.45) is 5.73 Å². The Labute approximate surface area is 120 Å². The van der Waals surface area contributed by atoms with Crippen LogP contribution in [-0.4, -0.2) is 39.6 Å². The standard InChI is InChI=1S/C15H24N2O3/c1-4-10(3)17(5-2)15(20)12(16)8-11-6-7-13(18)14(19)9-11/h6-7,9-10,12,18-19H,4-5,8,16H2,1-3H3/t10?,12-/m0/s1. The fraction of sp³-hybridized carbons (Fsp3) is 0.533. The lowest BCUT2D eigenvalue weighted by atomic mass is 10.0. The molecular formula is C15H24N2O3. The van der Waals surface area contributed by atoms with Crippen LogP contribution in [0.5, 0.6) is 11.5 Å². The molecule has 0 aliphatic rings. The van der Waals surface area contributed by atoms with Gasteiger partial charge in [0.15, 0.2) is 11.5 Å². The molecule has 0 heterocycles. The quantitative estimate of drug-likeness (QED) is 0.691. The van der Waals surface area contributed by atoms with Gasteiger partial charge in [0, 0.05) is 12.6 Å². The average molecular weight is 280 g/mol. The number of hydrogen-bond acceptors (Lipinski definition) is 4. The number of carbonyl (C=O) groups excluding carboxylic acids is 1. The monoisotopic (exact) mass is 280 g/mol. The molecule has 0 saturated carbocycles. The molecule has 1 aromatic carbocycles. The maximum absolute atomic E-state index is 12.3. The van der Waals surface area contributed by atoms with Crippen LogP contribution in [0.3, 0.4) is 0 Å². The van der Waals surface area contributed by atoms with Crippen LogP contribution in [0.25, 0.3) is 0 Å². The molecule has 112 valence electrons. The first-order chi connectivity index (χ1) is 9.40. The fourth-order valence-corrected chi connectivity index (χ4v) is 2.16. The number of carbonyl (C=O) groups is 1. The molecule has 20 heavy (non-hydrogen) atoms. The predicted molar refractivity (Wildman–Crippen MR) is 78.6 cm³/mol. The van der Waals surface area contributed by atoms with Gasteiger partial charge in [0.05, 0.1) is 6.04 Å². The van der Waals surface area contributed by atoms with Crippen LogP contribution in [0.4, 0.5) is 0 Å². The van der Waals surface area contributed by atoms with Gasteiger partial charge in [-0.2, -0.15) is 0 Å². The number of phenolic OH excluding ortho intramolecular Hbond substituents is 2. The zero-order chi connectivity index (χ0) is 15.3. The number of rotatable bonds is 6. The van der Waals surface area contributed by atoms with Crippen molar-refractivity contribution >= 4 is 5.91 Å². The van der Waals surface area contributed by atoms with E-state index >= 15 is 0 Å². The van der Waals surface area contributed by atoms with Gasteiger partial charge < -0.3 is 20.8 Å². The van der Waals surface area contributed by atoms with Crippen LogP contribution in [0.15, 0.2) is 18.2 Å². The van der Waals surface area contributed by atoms with Crippen molar-refractivity contribution in [2.45, 2.75) is 45.7 Å². The maximum atomic E-state index is 12.3. The topological polar surface area (TPSA) is 86.8 Å². The first-order valence-electron chi connectivity index (χ1n) is 6.97. The summed E-state index contributed by atoms with van der Waals surface area (Å²) in [6, 6.07) is 4.00. The van der Waals surface area contributed by atoms with Crippen LogP contribution in [0, 0.1) is 0 Å².